The van der Waals surface area contributed by atoms with Crippen molar-refractivity contribution in [2.45, 2.75) is 13.8 Å². The summed E-state index contributed by atoms with van der Waals surface area (Å²) in [4.78, 5) is 5.04. The molecule has 0 spiro atoms. The zero-order valence-corrected chi connectivity index (χ0v) is 24.3. The molecule has 3 heteroatoms. The first-order valence-electron chi connectivity index (χ1n) is 15.1. The SMILES string of the molecule is Cc1cccc(C)c1B1c2ccccc2N2c3cc4ccccc4cc3N(c3ccccc3)c3cc4ccccc4c1c32. The monoisotopic (exact) mass is 548 g/mol. The number of aryl methyl sites for hydroxylation is 2. The largest absolute Gasteiger partial charge is 0.307 e. The molecular weight excluding hydrogens is 519 g/mol. The van der Waals surface area contributed by atoms with Crippen LogP contribution in [-0.2, 0) is 0 Å². The van der Waals surface area contributed by atoms with E-state index in [-0.39, 0.29) is 6.71 Å². The fraction of sp³-hybridized carbons (Fsp3) is 0.0500. The van der Waals surface area contributed by atoms with E-state index in [1.807, 2.05) is 0 Å². The molecule has 0 amide bonds. The fourth-order valence-electron chi connectivity index (χ4n) is 7.65. The maximum absolute atomic E-state index is 2.55. The zero-order valence-electron chi connectivity index (χ0n) is 24.3. The molecule has 9 rings (SSSR count). The maximum Gasteiger partial charge on any atom is 0.248 e. The molecule has 0 bridgehead atoms. The van der Waals surface area contributed by atoms with Gasteiger partial charge in [0.2, 0.25) is 6.71 Å². The van der Waals surface area contributed by atoms with E-state index in [4.69, 9.17) is 0 Å². The lowest BCUT2D eigenvalue weighted by molar-refractivity contribution is 1.18. The van der Waals surface area contributed by atoms with Gasteiger partial charge in [-0.2, -0.15) is 0 Å². The molecule has 2 aliphatic heterocycles. The Morgan fingerprint density at radius 3 is 1.77 bits per heavy atom. The van der Waals surface area contributed by atoms with Crippen LogP contribution in [0.2, 0.25) is 0 Å². The molecule has 2 aliphatic rings. The summed E-state index contributed by atoms with van der Waals surface area (Å²) in [7, 11) is 0. The highest BCUT2D eigenvalue weighted by molar-refractivity contribution is 7.00. The van der Waals surface area contributed by atoms with Crippen molar-refractivity contribution in [1.82, 2.24) is 0 Å². The van der Waals surface area contributed by atoms with Gasteiger partial charge in [0.05, 0.1) is 22.7 Å². The van der Waals surface area contributed by atoms with Crippen LogP contribution >= 0.6 is 0 Å². The van der Waals surface area contributed by atoms with Crippen molar-refractivity contribution in [2.75, 3.05) is 9.80 Å². The van der Waals surface area contributed by atoms with Crippen LogP contribution in [0.5, 0.6) is 0 Å². The van der Waals surface area contributed by atoms with Crippen LogP contribution in [0.1, 0.15) is 11.1 Å². The van der Waals surface area contributed by atoms with E-state index >= 15 is 0 Å². The van der Waals surface area contributed by atoms with Gasteiger partial charge in [-0.25, -0.2) is 0 Å². The van der Waals surface area contributed by atoms with Gasteiger partial charge in [0, 0.05) is 11.4 Å². The third-order valence-electron chi connectivity index (χ3n) is 9.45. The average Bonchev–Trinajstić information content (AvgIpc) is 3.04. The Labute approximate surface area is 252 Å². The number of rotatable bonds is 2. The Bertz CT molecular complexity index is 2220. The molecule has 7 aromatic rings. The lowest BCUT2D eigenvalue weighted by Crippen LogP contribution is -2.59. The third kappa shape index (κ3) is 3.42. The minimum atomic E-state index is 0.105. The molecule has 43 heavy (non-hydrogen) atoms. The number of fused-ring (bicyclic) bond motifs is 7. The van der Waals surface area contributed by atoms with Gasteiger partial charge >= 0.3 is 0 Å². The molecule has 0 fully saturated rings. The van der Waals surface area contributed by atoms with E-state index in [0.29, 0.717) is 0 Å². The van der Waals surface area contributed by atoms with Crippen LogP contribution in [-0.4, -0.2) is 6.71 Å². The van der Waals surface area contributed by atoms with Crippen molar-refractivity contribution < 1.29 is 0 Å². The van der Waals surface area contributed by atoms with Gasteiger partial charge in [-0.3, -0.25) is 0 Å². The smallest absolute Gasteiger partial charge is 0.248 e. The Balaban J connectivity index is 1.49. The average molecular weight is 548 g/mol. The summed E-state index contributed by atoms with van der Waals surface area (Å²) < 4.78 is 0. The first-order chi connectivity index (χ1) is 21.2. The summed E-state index contributed by atoms with van der Waals surface area (Å²) in [6.45, 7) is 4.65. The molecule has 2 nitrogen and oxygen atoms in total. The van der Waals surface area contributed by atoms with E-state index in [1.54, 1.807) is 0 Å². The Hall–Kier alpha value is -5.28. The number of hydrogen-bond acceptors (Lipinski definition) is 2. The minimum Gasteiger partial charge on any atom is -0.307 e. The maximum atomic E-state index is 2.55. The second kappa shape index (κ2) is 9.11. The molecular formula is C40H29BN2. The molecule has 7 aromatic carbocycles. The summed E-state index contributed by atoms with van der Waals surface area (Å²) >= 11 is 0. The van der Waals surface area contributed by atoms with Crippen molar-refractivity contribution in [1.29, 1.82) is 0 Å². The van der Waals surface area contributed by atoms with E-state index < -0.39 is 0 Å². The molecule has 0 saturated carbocycles. The zero-order chi connectivity index (χ0) is 28.7. The van der Waals surface area contributed by atoms with Crippen molar-refractivity contribution in [3.05, 3.63) is 151 Å². The van der Waals surface area contributed by atoms with Gasteiger partial charge in [-0.15, -0.1) is 0 Å². The summed E-state index contributed by atoms with van der Waals surface area (Å²) in [5.41, 5.74) is 14.1. The van der Waals surface area contributed by atoms with E-state index in [0.717, 1.165) is 0 Å². The number of anilines is 6. The number of nitrogens with zero attached hydrogens (tertiary/aromatic N) is 2. The Morgan fingerprint density at radius 2 is 1.02 bits per heavy atom. The van der Waals surface area contributed by atoms with E-state index in [1.165, 1.54) is 83.2 Å². The van der Waals surface area contributed by atoms with Crippen molar-refractivity contribution >= 4 is 78.8 Å². The predicted molar refractivity (Wildman–Crippen MR) is 185 cm³/mol. The molecule has 2 heterocycles. The van der Waals surface area contributed by atoms with Crippen LogP contribution in [0.25, 0.3) is 21.5 Å². The standard InChI is InChI=1S/C40H29BN2/c1-26-13-12-14-27(2)38(26)41-33-21-10-11-22-34(33)43-36-24-29-16-7-6-15-28(29)23-35(36)42(31-18-4-3-5-19-31)37-25-30-17-8-9-20-32(30)39(41)40(37)43/h3-25H,1-2H3. The van der Waals surface area contributed by atoms with Crippen LogP contribution < -0.4 is 26.2 Å². The lowest BCUT2D eigenvalue weighted by atomic mass is 9.33. The highest BCUT2D eigenvalue weighted by Crippen LogP contribution is 2.56. The molecule has 0 N–H and O–H groups in total. The third-order valence-corrected chi connectivity index (χ3v) is 9.45. The molecule has 0 unspecified atom stereocenters. The van der Waals surface area contributed by atoms with Gasteiger partial charge in [0.25, 0.3) is 0 Å². The highest BCUT2D eigenvalue weighted by atomic mass is 15.3. The quantitative estimate of drug-likeness (QED) is 0.200. The normalized spacial score (nSPS) is 13.2. The van der Waals surface area contributed by atoms with E-state index in [2.05, 4.69) is 163 Å². The highest BCUT2D eigenvalue weighted by Gasteiger charge is 2.43. The summed E-state index contributed by atoms with van der Waals surface area (Å²) in [5, 5.41) is 5.06. The molecule has 202 valence electrons. The number of para-hydroxylation sites is 2. The first kappa shape index (κ1) is 24.3. The first-order valence-corrected chi connectivity index (χ1v) is 15.1. The number of hydrogen-bond donors (Lipinski definition) is 0. The summed E-state index contributed by atoms with van der Waals surface area (Å²) in [5.74, 6) is 0. The number of benzene rings is 7. The second-order valence-corrected chi connectivity index (χ2v) is 11.9. The molecule has 0 aliphatic carbocycles. The summed E-state index contributed by atoms with van der Waals surface area (Å²) in [6.07, 6.45) is 0. The van der Waals surface area contributed by atoms with Crippen LogP contribution in [0.4, 0.5) is 34.1 Å². The van der Waals surface area contributed by atoms with Gasteiger partial charge < -0.3 is 9.80 Å². The lowest BCUT2D eigenvalue weighted by Gasteiger charge is -2.46. The van der Waals surface area contributed by atoms with Gasteiger partial charge in [0.15, 0.2) is 0 Å². The van der Waals surface area contributed by atoms with Gasteiger partial charge in [-0.05, 0) is 82.7 Å². The Morgan fingerprint density at radius 1 is 0.442 bits per heavy atom. The van der Waals surface area contributed by atoms with E-state index in [9.17, 15) is 0 Å². The molecule has 0 radical (unpaired) electrons. The van der Waals surface area contributed by atoms with Crippen LogP contribution in [0, 0.1) is 13.8 Å². The van der Waals surface area contributed by atoms with Gasteiger partial charge in [0.1, 0.15) is 0 Å². The molecule has 0 saturated heterocycles. The van der Waals surface area contributed by atoms with Crippen molar-refractivity contribution in [3.8, 4) is 0 Å². The molecule has 0 aromatic heterocycles. The van der Waals surface area contributed by atoms with Gasteiger partial charge in [-0.1, -0.05) is 120 Å². The Kier molecular flexibility index (Phi) is 5.16. The summed E-state index contributed by atoms with van der Waals surface area (Å²) in [6, 6.07) is 51.5. The fourth-order valence-corrected chi connectivity index (χ4v) is 7.65. The van der Waals surface area contributed by atoms with Crippen molar-refractivity contribution in [3.63, 3.8) is 0 Å². The van der Waals surface area contributed by atoms with Crippen molar-refractivity contribution in [2.24, 2.45) is 0 Å². The topological polar surface area (TPSA) is 6.48 Å². The second-order valence-electron chi connectivity index (χ2n) is 11.9. The minimum absolute atomic E-state index is 0.105. The molecule has 0 atom stereocenters. The predicted octanol–water partition coefficient (Wildman–Crippen LogP) is 8.69. The van der Waals surface area contributed by atoms with Crippen LogP contribution in [0.15, 0.2) is 140 Å². The van der Waals surface area contributed by atoms with Crippen LogP contribution in [0.3, 0.4) is 0 Å².